The second kappa shape index (κ2) is 11.3. The van der Waals surface area contributed by atoms with Crippen molar-refractivity contribution in [1.82, 2.24) is 0 Å². The molecule has 0 fully saturated rings. The van der Waals surface area contributed by atoms with Crippen molar-refractivity contribution in [3.63, 3.8) is 0 Å². The first-order valence-electron chi connectivity index (χ1n) is 9.10. The molecule has 0 atom stereocenters. The first-order chi connectivity index (χ1) is 10.7. The fourth-order valence-corrected chi connectivity index (χ4v) is 2.83. The summed E-state index contributed by atoms with van der Waals surface area (Å²) in [6.45, 7) is 4.33. The Morgan fingerprint density at radius 3 is 2.05 bits per heavy atom. The van der Waals surface area contributed by atoms with Gasteiger partial charge >= 0.3 is 0 Å². The van der Waals surface area contributed by atoms with Gasteiger partial charge in [0, 0.05) is 17.7 Å². The number of Topliss-reactive ketones (excluding diaryl/α,β-unsaturated/α-hetero) is 1. The van der Waals surface area contributed by atoms with Gasteiger partial charge in [0.1, 0.15) is 0 Å². The number of carbonyl (C=O) groups excluding carboxylic acids is 1. The van der Waals surface area contributed by atoms with E-state index >= 15 is 0 Å². The molecule has 1 aromatic rings. The van der Waals surface area contributed by atoms with Crippen LogP contribution in [0.15, 0.2) is 18.2 Å². The first-order valence-corrected chi connectivity index (χ1v) is 9.10. The molecule has 2 N–H and O–H groups in total. The molecule has 0 heterocycles. The van der Waals surface area contributed by atoms with E-state index in [2.05, 4.69) is 13.8 Å². The third kappa shape index (κ3) is 7.11. The molecule has 2 nitrogen and oxygen atoms in total. The average Bonchev–Trinajstić information content (AvgIpc) is 2.53. The molecule has 0 saturated carbocycles. The Labute approximate surface area is 136 Å². The van der Waals surface area contributed by atoms with Crippen molar-refractivity contribution in [1.29, 1.82) is 0 Å². The number of carbonyl (C=O) groups is 1. The quantitative estimate of drug-likeness (QED) is 0.295. The molecule has 22 heavy (non-hydrogen) atoms. The maximum atomic E-state index is 12.1. The second-order valence-electron chi connectivity index (χ2n) is 6.27. The van der Waals surface area contributed by atoms with E-state index in [1.54, 1.807) is 0 Å². The smallest absolute Gasteiger partial charge is 0.162 e. The van der Waals surface area contributed by atoms with Crippen LogP contribution in [0.4, 0.5) is 5.69 Å². The number of aryl methyl sites for hydroxylation is 1. The first kappa shape index (κ1) is 18.7. The lowest BCUT2D eigenvalue weighted by atomic mass is 10.0. The molecule has 0 amide bonds. The van der Waals surface area contributed by atoms with Crippen LogP contribution in [0.25, 0.3) is 0 Å². The van der Waals surface area contributed by atoms with Gasteiger partial charge in [0.15, 0.2) is 5.78 Å². The highest BCUT2D eigenvalue weighted by Gasteiger charge is 2.07. The molecule has 0 aliphatic heterocycles. The zero-order valence-electron chi connectivity index (χ0n) is 14.5. The summed E-state index contributed by atoms with van der Waals surface area (Å²) in [7, 11) is 0. The van der Waals surface area contributed by atoms with Gasteiger partial charge in [-0.2, -0.15) is 0 Å². The van der Waals surface area contributed by atoms with Gasteiger partial charge in [-0.05, 0) is 24.5 Å². The Balaban J connectivity index is 2.14. The monoisotopic (exact) mass is 303 g/mol. The topological polar surface area (TPSA) is 43.1 Å². The summed E-state index contributed by atoms with van der Waals surface area (Å²) in [5.41, 5.74) is 8.61. The van der Waals surface area contributed by atoms with E-state index in [1.165, 1.54) is 51.4 Å². The van der Waals surface area contributed by atoms with E-state index in [1.807, 2.05) is 18.2 Å². The van der Waals surface area contributed by atoms with Gasteiger partial charge in [-0.25, -0.2) is 0 Å². The summed E-state index contributed by atoms with van der Waals surface area (Å²) in [6, 6.07) is 5.75. The van der Waals surface area contributed by atoms with Gasteiger partial charge in [0.25, 0.3) is 0 Å². The van der Waals surface area contributed by atoms with Gasteiger partial charge < -0.3 is 5.73 Å². The standard InChI is InChI=1S/C20H33NO/c1-3-5-6-7-8-9-10-11-12-13-20(22)18-15-14-17(4-2)19(21)16-18/h14-16H,3-13,21H2,1-2H3. The van der Waals surface area contributed by atoms with E-state index in [4.69, 9.17) is 5.73 Å². The number of anilines is 1. The molecule has 0 spiro atoms. The molecule has 1 rings (SSSR count). The Kier molecular flexibility index (Phi) is 9.61. The fraction of sp³-hybridized carbons (Fsp3) is 0.650. The third-order valence-corrected chi connectivity index (χ3v) is 4.36. The predicted molar refractivity (Wildman–Crippen MR) is 96.4 cm³/mol. The van der Waals surface area contributed by atoms with E-state index < -0.39 is 0 Å². The Morgan fingerprint density at radius 2 is 1.50 bits per heavy atom. The van der Waals surface area contributed by atoms with Gasteiger partial charge in [-0.1, -0.05) is 77.3 Å². The number of rotatable bonds is 12. The molecule has 0 unspecified atom stereocenters. The summed E-state index contributed by atoms with van der Waals surface area (Å²) in [5.74, 6) is 0.234. The zero-order valence-corrected chi connectivity index (χ0v) is 14.5. The van der Waals surface area contributed by atoms with Crippen LogP contribution < -0.4 is 5.73 Å². The van der Waals surface area contributed by atoms with Crippen LogP contribution in [-0.2, 0) is 6.42 Å². The van der Waals surface area contributed by atoms with E-state index in [0.717, 1.165) is 29.7 Å². The molecule has 124 valence electrons. The molecule has 0 bridgehead atoms. The highest BCUT2D eigenvalue weighted by Crippen LogP contribution is 2.17. The maximum Gasteiger partial charge on any atom is 0.162 e. The molecule has 0 aliphatic rings. The van der Waals surface area contributed by atoms with Crippen molar-refractivity contribution in [2.24, 2.45) is 0 Å². The summed E-state index contributed by atoms with van der Waals surface area (Å²) in [6.07, 6.45) is 13.1. The van der Waals surface area contributed by atoms with Crippen molar-refractivity contribution in [3.8, 4) is 0 Å². The second-order valence-corrected chi connectivity index (χ2v) is 6.27. The van der Waals surface area contributed by atoms with Gasteiger partial charge in [-0.3, -0.25) is 4.79 Å². The normalized spacial score (nSPS) is 10.8. The molecule has 0 radical (unpaired) electrons. The third-order valence-electron chi connectivity index (χ3n) is 4.36. The molecule has 1 aromatic carbocycles. The van der Waals surface area contributed by atoms with Gasteiger partial charge in [-0.15, -0.1) is 0 Å². The lowest BCUT2D eigenvalue weighted by Gasteiger charge is -2.06. The van der Waals surface area contributed by atoms with Crippen LogP contribution in [0.3, 0.4) is 0 Å². The summed E-state index contributed by atoms with van der Waals surface area (Å²) >= 11 is 0. The number of unbranched alkanes of at least 4 members (excludes halogenated alkanes) is 8. The summed E-state index contributed by atoms with van der Waals surface area (Å²) < 4.78 is 0. The number of ketones is 1. The molecular formula is C20H33NO. The van der Waals surface area contributed by atoms with Crippen LogP contribution in [0, 0.1) is 0 Å². The van der Waals surface area contributed by atoms with E-state index in [9.17, 15) is 4.79 Å². The molecule has 0 saturated heterocycles. The van der Waals surface area contributed by atoms with Crippen molar-refractivity contribution in [2.75, 3.05) is 5.73 Å². The molecular weight excluding hydrogens is 270 g/mol. The number of nitrogens with two attached hydrogens (primary N) is 1. The highest BCUT2D eigenvalue weighted by atomic mass is 16.1. The lowest BCUT2D eigenvalue weighted by molar-refractivity contribution is 0.0979. The average molecular weight is 303 g/mol. The minimum atomic E-state index is 0.234. The minimum Gasteiger partial charge on any atom is -0.398 e. The van der Waals surface area contributed by atoms with Crippen LogP contribution >= 0.6 is 0 Å². The van der Waals surface area contributed by atoms with Crippen LogP contribution in [0.2, 0.25) is 0 Å². The minimum absolute atomic E-state index is 0.234. The largest absolute Gasteiger partial charge is 0.398 e. The predicted octanol–water partition coefficient (Wildman–Crippen LogP) is 5.93. The van der Waals surface area contributed by atoms with Crippen LogP contribution in [0.5, 0.6) is 0 Å². The van der Waals surface area contributed by atoms with Crippen molar-refractivity contribution in [2.45, 2.75) is 84.5 Å². The SMILES string of the molecule is CCCCCCCCCCCC(=O)c1ccc(CC)c(N)c1. The highest BCUT2D eigenvalue weighted by molar-refractivity contribution is 5.96. The van der Waals surface area contributed by atoms with Gasteiger partial charge in [0.05, 0.1) is 0 Å². The fourth-order valence-electron chi connectivity index (χ4n) is 2.83. The Bertz CT molecular complexity index is 439. The number of hydrogen-bond donors (Lipinski definition) is 1. The van der Waals surface area contributed by atoms with Crippen molar-refractivity contribution >= 4 is 11.5 Å². The van der Waals surface area contributed by atoms with Crippen LogP contribution in [-0.4, -0.2) is 5.78 Å². The lowest BCUT2D eigenvalue weighted by Crippen LogP contribution is -2.02. The molecule has 0 aliphatic carbocycles. The number of benzene rings is 1. The summed E-state index contributed by atoms with van der Waals surface area (Å²) in [5, 5.41) is 0. The molecule has 0 aromatic heterocycles. The van der Waals surface area contributed by atoms with E-state index in [0.29, 0.717) is 6.42 Å². The summed E-state index contributed by atoms with van der Waals surface area (Å²) in [4.78, 5) is 12.1. The van der Waals surface area contributed by atoms with Crippen molar-refractivity contribution < 1.29 is 4.79 Å². The maximum absolute atomic E-state index is 12.1. The zero-order chi connectivity index (χ0) is 16.2. The Hall–Kier alpha value is -1.31. The Morgan fingerprint density at radius 1 is 0.909 bits per heavy atom. The number of hydrogen-bond acceptors (Lipinski definition) is 2. The number of nitrogen functional groups attached to an aromatic ring is 1. The van der Waals surface area contributed by atoms with Crippen LogP contribution in [0.1, 0.15) is 94.0 Å². The van der Waals surface area contributed by atoms with Crippen molar-refractivity contribution in [3.05, 3.63) is 29.3 Å². The van der Waals surface area contributed by atoms with E-state index in [-0.39, 0.29) is 5.78 Å². The molecule has 2 heteroatoms. The van der Waals surface area contributed by atoms with Gasteiger partial charge in [0.2, 0.25) is 0 Å².